The third-order valence-corrected chi connectivity index (χ3v) is 1.67. The third kappa shape index (κ3) is 3.58. The van der Waals surface area contributed by atoms with Gasteiger partial charge in [0.05, 0.1) is 0 Å². The largest absolute Gasteiger partial charge is 0.475 e. The molecule has 1 N–H and O–H groups in total. The first-order chi connectivity index (χ1) is 7.29. The molecule has 90 valence electrons. The monoisotopic (exact) mass is 238 g/mol. The van der Waals surface area contributed by atoms with Crippen LogP contribution >= 0.6 is 0 Å². The minimum absolute atomic E-state index is 0.0548. The van der Waals surface area contributed by atoms with E-state index in [1.54, 1.807) is 0 Å². The smallest absolute Gasteiger partial charge is 0.411 e. The molecule has 0 amide bonds. The van der Waals surface area contributed by atoms with Crippen LogP contribution in [0.3, 0.4) is 0 Å². The fourth-order valence-corrected chi connectivity index (χ4v) is 1.10. The van der Waals surface area contributed by atoms with E-state index in [1.807, 2.05) is 0 Å². The molecule has 4 nitrogen and oxygen atoms in total. The van der Waals surface area contributed by atoms with E-state index in [1.165, 1.54) is 13.0 Å². The van der Waals surface area contributed by atoms with Crippen molar-refractivity contribution in [2.45, 2.75) is 19.7 Å². The molecule has 0 saturated heterocycles. The van der Waals surface area contributed by atoms with Crippen molar-refractivity contribution >= 4 is 5.97 Å². The van der Waals surface area contributed by atoms with Crippen molar-refractivity contribution in [3.05, 3.63) is 23.2 Å². The summed E-state index contributed by atoms with van der Waals surface area (Å²) in [5.41, 5.74) is 0.345. The van der Waals surface area contributed by atoms with Crippen LogP contribution in [0.15, 0.2) is 10.5 Å². The quantitative estimate of drug-likeness (QED) is 0.874. The normalized spacial score (nSPS) is 11.8. The highest BCUT2D eigenvalue weighted by Gasteiger charge is 2.27. The molecule has 0 radical (unpaired) electrons. The number of carboxylic acids is 1. The highest BCUT2D eigenvalue weighted by Crippen LogP contribution is 2.18. The highest BCUT2D eigenvalue weighted by atomic mass is 19.4. The molecule has 0 aromatic carbocycles. The number of furan rings is 1. The Balaban J connectivity index is 2.56. The van der Waals surface area contributed by atoms with Crippen molar-refractivity contribution in [1.82, 2.24) is 0 Å². The van der Waals surface area contributed by atoms with Crippen LogP contribution < -0.4 is 0 Å². The van der Waals surface area contributed by atoms with Gasteiger partial charge in [-0.25, -0.2) is 4.79 Å². The molecule has 0 unspecified atom stereocenters. The number of hydrogen-bond acceptors (Lipinski definition) is 3. The van der Waals surface area contributed by atoms with E-state index in [4.69, 9.17) is 9.52 Å². The Labute approximate surface area is 88.6 Å². The number of halogens is 3. The molecule has 0 spiro atoms. The summed E-state index contributed by atoms with van der Waals surface area (Å²) in [6.07, 6.45) is -4.41. The number of alkyl halides is 3. The Kier molecular flexibility index (Phi) is 3.58. The zero-order valence-corrected chi connectivity index (χ0v) is 8.30. The van der Waals surface area contributed by atoms with E-state index >= 15 is 0 Å². The van der Waals surface area contributed by atoms with Crippen molar-refractivity contribution in [1.29, 1.82) is 0 Å². The number of carbonyl (C=O) groups is 1. The summed E-state index contributed by atoms with van der Waals surface area (Å²) in [5.74, 6) is -1.50. The van der Waals surface area contributed by atoms with Crippen LogP contribution in [0.4, 0.5) is 13.2 Å². The zero-order chi connectivity index (χ0) is 12.3. The molecular formula is C9H9F3O4. The molecule has 0 fully saturated rings. The average molecular weight is 238 g/mol. The molecule has 0 aliphatic rings. The van der Waals surface area contributed by atoms with Crippen LogP contribution in [0.5, 0.6) is 0 Å². The summed E-state index contributed by atoms with van der Waals surface area (Å²) in [6, 6.07) is 1.33. The van der Waals surface area contributed by atoms with Crippen molar-refractivity contribution in [3.63, 3.8) is 0 Å². The summed E-state index contributed by atoms with van der Waals surface area (Å²) >= 11 is 0. The second-order valence-electron chi connectivity index (χ2n) is 3.14. The van der Waals surface area contributed by atoms with Gasteiger partial charge in [-0.2, -0.15) is 13.2 Å². The Bertz CT molecular complexity index is 381. The predicted molar refractivity (Wildman–Crippen MR) is 46.1 cm³/mol. The first-order valence-electron chi connectivity index (χ1n) is 4.26. The number of aromatic carboxylic acids is 1. The lowest BCUT2D eigenvalue weighted by molar-refractivity contribution is -0.177. The van der Waals surface area contributed by atoms with E-state index in [0.717, 1.165) is 0 Å². The van der Waals surface area contributed by atoms with Crippen LogP contribution in [-0.2, 0) is 11.3 Å². The maximum Gasteiger partial charge on any atom is 0.411 e. The van der Waals surface area contributed by atoms with Crippen molar-refractivity contribution < 1.29 is 32.2 Å². The molecule has 0 bridgehead atoms. The summed E-state index contributed by atoms with van der Waals surface area (Å²) in [6.45, 7) is -0.316. The van der Waals surface area contributed by atoms with Gasteiger partial charge in [-0.05, 0) is 13.0 Å². The van der Waals surface area contributed by atoms with Crippen LogP contribution in [0.25, 0.3) is 0 Å². The van der Waals surface area contributed by atoms with Crippen molar-refractivity contribution in [2.75, 3.05) is 6.61 Å². The van der Waals surface area contributed by atoms with Gasteiger partial charge < -0.3 is 14.3 Å². The number of aryl methyl sites for hydroxylation is 1. The maximum atomic E-state index is 11.7. The molecule has 1 aromatic heterocycles. The van der Waals surface area contributed by atoms with E-state index in [9.17, 15) is 18.0 Å². The SMILES string of the molecule is Cc1cc(COCC(F)(F)F)oc1C(=O)O. The lowest BCUT2D eigenvalue weighted by Gasteiger charge is -2.05. The highest BCUT2D eigenvalue weighted by molar-refractivity contribution is 5.86. The fourth-order valence-electron chi connectivity index (χ4n) is 1.10. The second kappa shape index (κ2) is 4.56. The number of hydrogen-bond donors (Lipinski definition) is 1. The molecule has 7 heteroatoms. The van der Waals surface area contributed by atoms with Crippen LogP contribution in [-0.4, -0.2) is 23.9 Å². The van der Waals surface area contributed by atoms with Crippen molar-refractivity contribution in [3.8, 4) is 0 Å². The predicted octanol–water partition coefficient (Wildman–Crippen LogP) is 2.37. The van der Waals surface area contributed by atoms with E-state index < -0.39 is 25.4 Å². The van der Waals surface area contributed by atoms with Crippen LogP contribution in [0.1, 0.15) is 21.9 Å². The Morgan fingerprint density at radius 2 is 2.19 bits per heavy atom. The zero-order valence-electron chi connectivity index (χ0n) is 8.30. The van der Waals surface area contributed by atoms with Gasteiger partial charge in [0.25, 0.3) is 0 Å². The van der Waals surface area contributed by atoms with E-state index in [0.29, 0.717) is 5.56 Å². The van der Waals surface area contributed by atoms with Gasteiger partial charge in [-0.15, -0.1) is 0 Å². The third-order valence-electron chi connectivity index (χ3n) is 1.67. The van der Waals surface area contributed by atoms with E-state index in [-0.39, 0.29) is 11.5 Å². The van der Waals surface area contributed by atoms with Gasteiger partial charge in [0, 0.05) is 5.56 Å². The Hall–Kier alpha value is -1.50. The molecular weight excluding hydrogens is 229 g/mol. The number of carboxylic acid groups (broad SMARTS) is 1. The van der Waals surface area contributed by atoms with Gasteiger partial charge in [-0.1, -0.05) is 0 Å². The summed E-state index contributed by atoms with van der Waals surface area (Å²) in [7, 11) is 0. The Morgan fingerprint density at radius 3 is 2.62 bits per heavy atom. The molecule has 1 aromatic rings. The topological polar surface area (TPSA) is 59.7 Å². The fraction of sp³-hybridized carbons (Fsp3) is 0.444. The van der Waals surface area contributed by atoms with Gasteiger partial charge in [0.15, 0.2) is 0 Å². The molecule has 0 saturated carbocycles. The minimum Gasteiger partial charge on any atom is -0.475 e. The standard InChI is InChI=1S/C9H9F3O4/c1-5-2-6(16-7(5)8(13)14)3-15-4-9(10,11)12/h2H,3-4H2,1H3,(H,13,14). The molecule has 1 rings (SSSR count). The number of rotatable bonds is 4. The molecule has 0 atom stereocenters. The summed E-state index contributed by atoms with van der Waals surface area (Å²) in [4.78, 5) is 10.6. The minimum atomic E-state index is -4.41. The van der Waals surface area contributed by atoms with E-state index in [2.05, 4.69) is 4.74 Å². The van der Waals surface area contributed by atoms with Crippen LogP contribution in [0.2, 0.25) is 0 Å². The second-order valence-corrected chi connectivity index (χ2v) is 3.14. The summed E-state index contributed by atoms with van der Waals surface area (Å²) < 4.78 is 44.3. The number of ether oxygens (including phenoxy) is 1. The maximum absolute atomic E-state index is 11.7. The lowest BCUT2D eigenvalue weighted by Crippen LogP contribution is -2.16. The average Bonchev–Trinajstić information content (AvgIpc) is 2.44. The molecule has 16 heavy (non-hydrogen) atoms. The van der Waals surface area contributed by atoms with Gasteiger partial charge >= 0.3 is 12.1 Å². The molecule has 0 aliphatic carbocycles. The lowest BCUT2D eigenvalue weighted by atomic mass is 10.3. The first-order valence-corrected chi connectivity index (χ1v) is 4.26. The van der Waals surface area contributed by atoms with Gasteiger partial charge in [0.1, 0.15) is 19.0 Å². The molecule has 0 aliphatic heterocycles. The first kappa shape index (κ1) is 12.6. The molecule has 1 heterocycles. The van der Waals surface area contributed by atoms with Gasteiger partial charge in [-0.3, -0.25) is 0 Å². The summed E-state index contributed by atoms with van der Waals surface area (Å²) in [5, 5.41) is 8.62. The van der Waals surface area contributed by atoms with Gasteiger partial charge in [0.2, 0.25) is 5.76 Å². The van der Waals surface area contributed by atoms with Crippen LogP contribution in [0, 0.1) is 6.92 Å². The van der Waals surface area contributed by atoms with Crippen molar-refractivity contribution in [2.24, 2.45) is 0 Å². The Morgan fingerprint density at radius 1 is 1.56 bits per heavy atom.